The van der Waals surface area contributed by atoms with Crippen molar-refractivity contribution in [3.05, 3.63) is 76.4 Å². The number of nitrogens with one attached hydrogen (secondary N) is 3. The number of furan rings is 1. The molecule has 0 bridgehead atoms. The van der Waals surface area contributed by atoms with Gasteiger partial charge in [0.15, 0.2) is 11.7 Å². The predicted octanol–water partition coefficient (Wildman–Crippen LogP) is 4.85. The second-order valence-corrected chi connectivity index (χ2v) is 8.22. The van der Waals surface area contributed by atoms with Crippen LogP contribution in [0.4, 0.5) is 5.69 Å². The number of halogens is 1. The van der Waals surface area contributed by atoms with Crippen LogP contribution in [0, 0.1) is 0 Å². The molecule has 3 rings (SSSR count). The summed E-state index contributed by atoms with van der Waals surface area (Å²) in [5.74, 6) is 0.778. The van der Waals surface area contributed by atoms with Crippen molar-refractivity contribution < 1.29 is 9.21 Å². The fourth-order valence-corrected chi connectivity index (χ4v) is 3.62. The van der Waals surface area contributed by atoms with E-state index in [0.717, 1.165) is 23.8 Å². The molecule has 6 nitrogen and oxygen atoms in total. The Bertz CT molecular complexity index is 936. The van der Waals surface area contributed by atoms with Crippen molar-refractivity contribution in [3.63, 3.8) is 0 Å². The lowest BCUT2D eigenvalue weighted by Gasteiger charge is -2.25. The van der Waals surface area contributed by atoms with Crippen molar-refractivity contribution in [2.24, 2.45) is 4.99 Å². The van der Waals surface area contributed by atoms with Gasteiger partial charge in [0.1, 0.15) is 0 Å². The molecule has 8 heteroatoms. The highest BCUT2D eigenvalue weighted by atomic mass is 127. The minimum atomic E-state index is -0.265. The monoisotopic (exact) mass is 538 g/mol. The van der Waals surface area contributed by atoms with Gasteiger partial charge in [-0.1, -0.05) is 32.0 Å². The van der Waals surface area contributed by atoms with E-state index in [4.69, 9.17) is 4.42 Å². The molecule has 0 saturated carbocycles. The smallest absolute Gasteiger partial charge is 0.291 e. The number of thiophene rings is 1. The van der Waals surface area contributed by atoms with Crippen LogP contribution in [-0.4, -0.2) is 25.5 Å². The van der Waals surface area contributed by atoms with Gasteiger partial charge in [-0.25, -0.2) is 0 Å². The van der Waals surface area contributed by atoms with Gasteiger partial charge in [-0.15, -0.1) is 35.3 Å². The van der Waals surface area contributed by atoms with Gasteiger partial charge < -0.3 is 20.4 Å². The molecular weight excluding hydrogens is 511 g/mol. The Labute approximate surface area is 198 Å². The zero-order valence-corrected chi connectivity index (χ0v) is 20.4. The lowest BCUT2D eigenvalue weighted by Crippen LogP contribution is -2.42. The Morgan fingerprint density at radius 2 is 1.87 bits per heavy atom. The minimum Gasteiger partial charge on any atom is -0.459 e. The molecule has 0 aliphatic heterocycles. The van der Waals surface area contributed by atoms with E-state index < -0.39 is 0 Å². The van der Waals surface area contributed by atoms with E-state index in [-0.39, 0.29) is 41.1 Å². The molecule has 0 aliphatic rings. The van der Waals surface area contributed by atoms with Gasteiger partial charge in [-0.3, -0.25) is 9.79 Å². The topological polar surface area (TPSA) is 78.7 Å². The Hall–Kier alpha value is -2.33. The molecule has 0 spiro atoms. The van der Waals surface area contributed by atoms with Crippen LogP contribution in [0.25, 0.3) is 0 Å². The Balaban J connectivity index is 0.00000320. The van der Waals surface area contributed by atoms with Crippen LogP contribution >= 0.6 is 35.3 Å². The highest BCUT2D eigenvalue weighted by Gasteiger charge is 2.21. The summed E-state index contributed by atoms with van der Waals surface area (Å²) in [5, 5.41) is 11.6. The lowest BCUT2D eigenvalue weighted by atomic mass is 9.91. The summed E-state index contributed by atoms with van der Waals surface area (Å²) < 4.78 is 5.10. The number of aliphatic imine (C=N–C) groups is 1. The van der Waals surface area contributed by atoms with E-state index in [0.29, 0.717) is 6.54 Å². The largest absolute Gasteiger partial charge is 0.459 e. The molecule has 0 atom stereocenters. The first-order valence-electron chi connectivity index (χ1n) is 9.40. The van der Waals surface area contributed by atoms with E-state index in [1.807, 2.05) is 24.3 Å². The van der Waals surface area contributed by atoms with Gasteiger partial charge in [0.25, 0.3) is 5.91 Å². The third kappa shape index (κ3) is 6.60. The standard InChI is InChI=1S/C22H26N4O2S.HI/c1-22(2,19-7-5-13-29-19)15-25-21(23-3)24-14-16-8-10-17(11-9-16)26-20(27)18-6-4-12-28-18;/h4-13H,14-15H2,1-3H3,(H,26,27)(H2,23,24,25);1H. The molecule has 0 radical (unpaired) electrons. The summed E-state index contributed by atoms with van der Waals surface area (Å²) >= 11 is 1.77. The molecular formula is C22H27IN4O2S. The van der Waals surface area contributed by atoms with Crippen LogP contribution in [-0.2, 0) is 12.0 Å². The highest BCUT2D eigenvalue weighted by Crippen LogP contribution is 2.26. The maximum Gasteiger partial charge on any atom is 0.291 e. The zero-order chi connectivity index (χ0) is 20.7. The van der Waals surface area contributed by atoms with Gasteiger partial charge >= 0.3 is 0 Å². The van der Waals surface area contributed by atoms with E-state index >= 15 is 0 Å². The first kappa shape index (κ1) is 23.9. The molecule has 0 fully saturated rings. The van der Waals surface area contributed by atoms with E-state index in [1.165, 1.54) is 11.1 Å². The number of anilines is 1. The number of hydrogen-bond donors (Lipinski definition) is 3. The van der Waals surface area contributed by atoms with Crippen molar-refractivity contribution >= 4 is 52.9 Å². The summed E-state index contributed by atoms with van der Waals surface area (Å²) in [5.41, 5.74) is 1.83. The lowest BCUT2D eigenvalue weighted by molar-refractivity contribution is 0.0996. The van der Waals surface area contributed by atoms with Gasteiger partial charge in [-0.05, 0) is 41.3 Å². The molecule has 3 aromatic rings. The number of benzene rings is 1. The average molecular weight is 538 g/mol. The maximum atomic E-state index is 12.0. The number of carbonyl (C=O) groups is 1. The third-order valence-corrected chi connectivity index (χ3v) is 5.76. The van der Waals surface area contributed by atoms with Crippen molar-refractivity contribution in [2.45, 2.75) is 25.8 Å². The molecule has 0 aliphatic carbocycles. The normalized spacial score (nSPS) is 11.5. The first-order valence-corrected chi connectivity index (χ1v) is 10.3. The van der Waals surface area contributed by atoms with Crippen LogP contribution in [0.5, 0.6) is 0 Å². The molecule has 1 amide bonds. The summed E-state index contributed by atoms with van der Waals surface area (Å²) in [4.78, 5) is 17.7. The van der Waals surface area contributed by atoms with Crippen LogP contribution in [0.1, 0.15) is 34.8 Å². The van der Waals surface area contributed by atoms with Crippen molar-refractivity contribution in [1.82, 2.24) is 10.6 Å². The average Bonchev–Trinajstić information content (AvgIpc) is 3.43. The van der Waals surface area contributed by atoms with Crippen LogP contribution in [0.15, 0.2) is 69.6 Å². The van der Waals surface area contributed by atoms with Crippen molar-refractivity contribution in [1.29, 1.82) is 0 Å². The Morgan fingerprint density at radius 1 is 1.10 bits per heavy atom. The molecule has 0 unspecified atom stereocenters. The molecule has 160 valence electrons. The first-order chi connectivity index (χ1) is 14.0. The number of rotatable bonds is 7. The number of hydrogen-bond acceptors (Lipinski definition) is 4. The summed E-state index contributed by atoms with van der Waals surface area (Å²) in [6.45, 7) is 5.85. The van der Waals surface area contributed by atoms with E-state index in [9.17, 15) is 4.79 Å². The van der Waals surface area contributed by atoms with Gasteiger partial charge in [0.2, 0.25) is 0 Å². The predicted molar refractivity (Wildman–Crippen MR) is 134 cm³/mol. The molecule has 30 heavy (non-hydrogen) atoms. The third-order valence-electron chi connectivity index (χ3n) is 4.53. The summed E-state index contributed by atoms with van der Waals surface area (Å²) in [7, 11) is 1.76. The minimum absolute atomic E-state index is 0. The summed E-state index contributed by atoms with van der Waals surface area (Å²) in [6.07, 6.45) is 1.48. The number of guanidine groups is 1. The molecule has 2 heterocycles. The van der Waals surface area contributed by atoms with E-state index in [2.05, 4.69) is 52.3 Å². The highest BCUT2D eigenvalue weighted by molar-refractivity contribution is 14.0. The fraction of sp³-hybridized carbons (Fsp3) is 0.273. The molecule has 3 N–H and O–H groups in total. The zero-order valence-electron chi connectivity index (χ0n) is 17.3. The van der Waals surface area contributed by atoms with Crippen LogP contribution in [0.2, 0.25) is 0 Å². The number of nitrogens with zero attached hydrogens (tertiary/aromatic N) is 1. The SMILES string of the molecule is CN=C(NCc1ccc(NC(=O)c2ccco2)cc1)NCC(C)(C)c1cccs1.I. The van der Waals surface area contributed by atoms with Crippen molar-refractivity contribution in [2.75, 3.05) is 18.9 Å². The maximum absolute atomic E-state index is 12.0. The second kappa shape index (κ2) is 11.2. The van der Waals surface area contributed by atoms with E-state index in [1.54, 1.807) is 30.5 Å². The quantitative estimate of drug-likeness (QED) is 0.228. The number of amides is 1. The summed E-state index contributed by atoms with van der Waals surface area (Å²) in [6, 6.07) is 15.2. The van der Waals surface area contributed by atoms with Gasteiger partial charge in [0, 0.05) is 36.1 Å². The van der Waals surface area contributed by atoms with Crippen molar-refractivity contribution in [3.8, 4) is 0 Å². The number of carbonyl (C=O) groups excluding carboxylic acids is 1. The molecule has 0 saturated heterocycles. The fourth-order valence-electron chi connectivity index (χ4n) is 2.77. The Morgan fingerprint density at radius 3 is 2.47 bits per heavy atom. The van der Waals surface area contributed by atoms with Gasteiger partial charge in [0.05, 0.1) is 6.26 Å². The second-order valence-electron chi connectivity index (χ2n) is 7.27. The molecule has 2 aromatic heterocycles. The Kier molecular flexibility index (Phi) is 8.91. The van der Waals surface area contributed by atoms with Crippen LogP contribution < -0.4 is 16.0 Å². The molecule has 1 aromatic carbocycles. The van der Waals surface area contributed by atoms with Crippen LogP contribution in [0.3, 0.4) is 0 Å². The van der Waals surface area contributed by atoms with Gasteiger partial charge in [-0.2, -0.15) is 0 Å².